The van der Waals surface area contributed by atoms with E-state index in [-0.39, 0.29) is 30.3 Å². The van der Waals surface area contributed by atoms with Crippen molar-refractivity contribution in [2.45, 2.75) is 51.4 Å². The summed E-state index contributed by atoms with van der Waals surface area (Å²) in [4.78, 5) is 40.7. The van der Waals surface area contributed by atoms with Gasteiger partial charge in [-0.05, 0) is 92.6 Å². The van der Waals surface area contributed by atoms with E-state index in [4.69, 9.17) is 14.2 Å². The van der Waals surface area contributed by atoms with Crippen LogP contribution in [0.2, 0.25) is 0 Å². The summed E-state index contributed by atoms with van der Waals surface area (Å²) in [5.41, 5.74) is 2.23. The first kappa shape index (κ1) is 36.6. The van der Waals surface area contributed by atoms with E-state index in [1.807, 2.05) is 0 Å². The lowest BCUT2D eigenvalue weighted by molar-refractivity contribution is 0.0275. The summed E-state index contributed by atoms with van der Waals surface area (Å²) in [6.07, 6.45) is -1.26. The number of halogens is 2. The molecule has 0 radical (unpaired) electrons. The maximum absolute atomic E-state index is 14.5. The minimum Gasteiger partial charge on any atom is -0.488 e. The van der Waals surface area contributed by atoms with Gasteiger partial charge in [0.05, 0.1) is 24.7 Å². The predicted molar refractivity (Wildman–Crippen MR) is 192 cm³/mol. The van der Waals surface area contributed by atoms with Crippen molar-refractivity contribution in [1.29, 1.82) is 5.26 Å². The quantitative estimate of drug-likeness (QED) is 0.187. The smallest absolute Gasteiger partial charge is 0.410 e. The minimum absolute atomic E-state index is 0.201. The standard InChI is InChI=1S/C40H38F2N4O7/c1-40(2,3)53-39(50)46-16-14-30(23-46)52-35-11-8-27(18-31(35)26-7-10-33(41)34(42)19-26)37(47)44-28-9-12-36(51-29-13-15-45(22-29)38(48)49)32(20-28)25-6-4-5-24(17-25)21-43/h4-12,17-20,29-30H,13-16,22-23H2,1-3H3,(H,44,47)(H,48,49)/t29-,30+/m1/s1. The Balaban J connectivity index is 1.26. The van der Waals surface area contributed by atoms with Crippen LogP contribution in [0.1, 0.15) is 49.5 Å². The SMILES string of the molecule is CC(C)(C)OC(=O)N1CC[C@H](Oc2ccc(C(=O)Nc3ccc(O[C@@H]4CCN(C(=O)O)C4)c(-c4cccc(C#N)c4)c3)cc2-c2ccc(F)c(F)c2)C1. The highest BCUT2D eigenvalue weighted by molar-refractivity contribution is 6.05. The summed E-state index contributed by atoms with van der Waals surface area (Å²) in [6.45, 7) is 6.57. The molecular formula is C40H38F2N4O7. The molecule has 0 unspecified atom stereocenters. The van der Waals surface area contributed by atoms with Crippen LogP contribution in [0.5, 0.6) is 11.5 Å². The molecular weight excluding hydrogens is 686 g/mol. The monoisotopic (exact) mass is 724 g/mol. The van der Waals surface area contributed by atoms with Crippen LogP contribution in [0.4, 0.5) is 24.1 Å². The predicted octanol–water partition coefficient (Wildman–Crippen LogP) is 7.94. The average molecular weight is 725 g/mol. The van der Waals surface area contributed by atoms with Crippen molar-refractivity contribution in [2.24, 2.45) is 0 Å². The highest BCUT2D eigenvalue weighted by Gasteiger charge is 2.32. The molecule has 4 aromatic rings. The van der Waals surface area contributed by atoms with E-state index in [1.165, 1.54) is 17.0 Å². The lowest BCUT2D eigenvalue weighted by Gasteiger charge is -2.24. The van der Waals surface area contributed by atoms with Crippen LogP contribution in [-0.2, 0) is 4.74 Å². The number of anilines is 1. The van der Waals surface area contributed by atoms with Gasteiger partial charge in [-0.2, -0.15) is 5.26 Å². The van der Waals surface area contributed by atoms with Gasteiger partial charge in [0, 0.05) is 48.3 Å². The number of amides is 3. The molecule has 6 rings (SSSR count). The van der Waals surface area contributed by atoms with Crippen molar-refractivity contribution >= 4 is 23.8 Å². The number of nitriles is 1. The number of hydrogen-bond donors (Lipinski definition) is 2. The fourth-order valence-electron chi connectivity index (χ4n) is 6.23. The van der Waals surface area contributed by atoms with Crippen LogP contribution < -0.4 is 14.8 Å². The summed E-state index contributed by atoms with van der Waals surface area (Å²) in [7, 11) is 0. The van der Waals surface area contributed by atoms with Gasteiger partial charge in [0.1, 0.15) is 29.3 Å². The third kappa shape index (κ3) is 8.84. The third-order valence-electron chi connectivity index (χ3n) is 8.81. The second-order valence-corrected chi connectivity index (χ2v) is 13.9. The molecule has 0 aliphatic carbocycles. The van der Waals surface area contributed by atoms with Crippen LogP contribution >= 0.6 is 0 Å². The summed E-state index contributed by atoms with van der Waals surface area (Å²) < 4.78 is 46.4. The number of carbonyl (C=O) groups is 3. The van der Waals surface area contributed by atoms with Gasteiger partial charge >= 0.3 is 12.2 Å². The first-order valence-electron chi connectivity index (χ1n) is 17.1. The number of benzene rings is 4. The van der Waals surface area contributed by atoms with E-state index in [9.17, 15) is 33.5 Å². The Morgan fingerprint density at radius 3 is 2.09 bits per heavy atom. The van der Waals surface area contributed by atoms with Crippen molar-refractivity contribution in [1.82, 2.24) is 9.80 Å². The topological polar surface area (TPSA) is 141 Å². The summed E-state index contributed by atoms with van der Waals surface area (Å²) in [6, 6.07) is 22.1. The lowest BCUT2D eigenvalue weighted by Crippen LogP contribution is -2.36. The second-order valence-electron chi connectivity index (χ2n) is 13.9. The van der Waals surface area contributed by atoms with Crippen LogP contribution in [0.15, 0.2) is 78.9 Å². The first-order valence-corrected chi connectivity index (χ1v) is 17.1. The van der Waals surface area contributed by atoms with Crippen molar-refractivity contribution in [2.75, 3.05) is 31.5 Å². The van der Waals surface area contributed by atoms with Crippen LogP contribution in [0.3, 0.4) is 0 Å². The van der Waals surface area contributed by atoms with E-state index >= 15 is 0 Å². The summed E-state index contributed by atoms with van der Waals surface area (Å²) in [5, 5.41) is 21.8. The molecule has 2 heterocycles. The Kier molecular flexibility index (Phi) is 10.5. The average Bonchev–Trinajstić information content (AvgIpc) is 3.80. The molecule has 3 amide bonds. The number of rotatable bonds is 8. The molecule has 2 aliphatic heterocycles. The Hall–Kier alpha value is -6.16. The highest BCUT2D eigenvalue weighted by Crippen LogP contribution is 2.37. The molecule has 274 valence electrons. The van der Waals surface area contributed by atoms with Gasteiger partial charge in [-0.1, -0.05) is 18.2 Å². The maximum atomic E-state index is 14.5. The highest BCUT2D eigenvalue weighted by atomic mass is 19.2. The third-order valence-corrected chi connectivity index (χ3v) is 8.81. The molecule has 13 heteroatoms. The Bertz CT molecular complexity index is 2090. The van der Waals surface area contributed by atoms with Gasteiger partial charge in [0.2, 0.25) is 0 Å². The second kappa shape index (κ2) is 15.2. The molecule has 11 nitrogen and oxygen atoms in total. The largest absolute Gasteiger partial charge is 0.488 e. The summed E-state index contributed by atoms with van der Waals surface area (Å²) in [5.74, 6) is -1.82. The van der Waals surface area contributed by atoms with Crippen LogP contribution in [-0.4, -0.2) is 77.0 Å². The molecule has 2 atom stereocenters. The number of nitrogens with zero attached hydrogens (tertiary/aromatic N) is 3. The Morgan fingerprint density at radius 2 is 1.45 bits per heavy atom. The number of ether oxygens (including phenoxy) is 3. The number of hydrogen-bond acceptors (Lipinski definition) is 7. The van der Waals surface area contributed by atoms with Gasteiger partial charge in [0.15, 0.2) is 11.6 Å². The van der Waals surface area contributed by atoms with E-state index in [2.05, 4.69) is 11.4 Å². The van der Waals surface area contributed by atoms with Crippen LogP contribution in [0.25, 0.3) is 22.3 Å². The van der Waals surface area contributed by atoms with E-state index < -0.39 is 41.4 Å². The lowest BCUT2D eigenvalue weighted by atomic mass is 10.00. The molecule has 0 saturated carbocycles. The van der Waals surface area contributed by atoms with Gasteiger partial charge in [-0.25, -0.2) is 18.4 Å². The van der Waals surface area contributed by atoms with E-state index in [0.29, 0.717) is 65.4 Å². The zero-order valence-electron chi connectivity index (χ0n) is 29.4. The van der Waals surface area contributed by atoms with Crippen LogP contribution in [0, 0.1) is 23.0 Å². The Morgan fingerprint density at radius 1 is 0.811 bits per heavy atom. The fourth-order valence-corrected chi connectivity index (χ4v) is 6.23. The van der Waals surface area contributed by atoms with Gasteiger partial charge in [-0.15, -0.1) is 0 Å². The Labute approximate surface area is 305 Å². The molecule has 4 aromatic carbocycles. The molecule has 2 N–H and O–H groups in total. The van der Waals surface area contributed by atoms with E-state index in [1.54, 1.807) is 80.3 Å². The van der Waals surface area contributed by atoms with Gasteiger partial charge < -0.3 is 34.4 Å². The van der Waals surface area contributed by atoms with E-state index in [0.717, 1.165) is 12.1 Å². The summed E-state index contributed by atoms with van der Waals surface area (Å²) >= 11 is 0. The first-order chi connectivity index (χ1) is 25.3. The molecule has 53 heavy (non-hydrogen) atoms. The van der Waals surface area contributed by atoms with Crippen molar-refractivity contribution in [3.63, 3.8) is 0 Å². The van der Waals surface area contributed by atoms with Crippen molar-refractivity contribution in [3.05, 3.63) is 102 Å². The number of likely N-dealkylation sites (tertiary alicyclic amines) is 2. The number of carbonyl (C=O) groups excluding carboxylic acids is 2. The number of carboxylic acid groups (broad SMARTS) is 1. The normalized spacial score (nSPS) is 16.9. The zero-order valence-corrected chi connectivity index (χ0v) is 29.4. The zero-order chi connectivity index (χ0) is 37.9. The molecule has 2 saturated heterocycles. The maximum Gasteiger partial charge on any atom is 0.410 e. The fraction of sp³-hybridized carbons (Fsp3) is 0.300. The van der Waals surface area contributed by atoms with Crippen molar-refractivity contribution < 1.29 is 42.5 Å². The van der Waals surface area contributed by atoms with Gasteiger partial charge in [-0.3, -0.25) is 4.79 Å². The molecule has 0 spiro atoms. The molecule has 0 bridgehead atoms. The molecule has 2 aliphatic rings. The van der Waals surface area contributed by atoms with Gasteiger partial charge in [0.25, 0.3) is 5.91 Å². The minimum atomic E-state index is -1.07. The van der Waals surface area contributed by atoms with Crippen molar-refractivity contribution in [3.8, 4) is 39.8 Å². The molecule has 0 aromatic heterocycles. The number of nitrogens with one attached hydrogen (secondary N) is 1. The molecule has 2 fully saturated rings.